The van der Waals surface area contributed by atoms with Gasteiger partial charge >= 0.3 is 6.03 Å². The minimum atomic E-state index is -0.465. The number of para-hydroxylation sites is 1. The second-order valence-electron chi connectivity index (χ2n) is 9.66. The summed E-state index contributed by atoms with van der Waals surface area (Å²) in [5.41, 5.74) is 12.0. The van der Waals surface area contributed by atoms with Crippen LogP contribution in [0, 0.1) is 0 Å². The fraction of sp³-hybridized carbons (Fsp3) is 0.333. The molecule has 3 N–H and O–H groups in total. The number of amides is 2. The van der Waals surface area contributed by atoms with Gasteiger partial charge in [0.05, 0.1) is 11.2 Å². The number of hydrogen-bond donors (Lipinski definition) is 2. The number of H-pyrrole nitrogens is 1. The zero-order chi connectivity index (χ0) is 27.2. The minimum Gasteiger partial charge on any atom is -0.492 e. The summed E-state index contributed by atoms with van der Waals surface area (Å²) in [5, 5.41) is 0.660. The Labute approximate surface area is 237 Å². The van der Waals surface area contributed by atoms with Crippen molar-refractivity contribution in [3.8, 4) is 17.1 Å². The maximum atomic E-state index is 11.7. The Bertz CT molecular complexity index is 1380. The molecule has 4 aromatic rings. The van der Waals surface area contributed by atoms with Crippen molar-refractivity contribution in [2.45, 2.75) is 13.3 Å². The highest BCUT2D eigenvalue weighted by atomic mass is 79.9. The molecule has 39 heavy (non-hydrogen) atoms. The number of benzene rings is 3. The third-order valence-corrected chi connectivity index (χ3v) is 7.59. The molecule has 0 radical (unpaired) electrons. The van der Waals surface area contributed by atoms with Crippen molar-refractivity contribution in [2.24, 2.45) is 5.73 Å². The van der Waals surface area contributed by atoms with Gasteiger partial charge in [-0.3, -0.25) is 9.80 Å². The number of rotatable bonds is 10. The van der Waals surface area contributed by atoms with Crippen LogP contribution in [0.5, 0.6) is 5.75 Å². The van der Waals surface area contributed by atoms with E-state index < -0.39 is 6.03 Å². The molecule has 1 aromatic heterocycles. The predicted octanol–water partition coefficient (Wildman–Crippen LogP) is 5.27. The molecule has 9 heteroatoms. The van der Waals surface area contributed by atoms with Crippen LogP contribution in [0.2, 0.25) is 0 Å². The van der Waals surface area contributed by atoms with Crippen molar-refractivity contribution < 1.29 is 9.53 Å². The number of carbonyl (C=O) groups is 1. The molecule has 3 aromatic carbocycles. The molecule has 1 fully saturated rings. The first kappa shape index (κ1) is 27.0. The van der Waals surface area contributed by atoms with E-state index >= 15 is 0 Å². The quantitative estimate of drug-likeness (QED) is 0.245. The van der Waals surface area contributed by atoms with Gasteiger partial charge in [0.2, 0.25) is 0 Å². The summed E-state index contributed by atoms with van der Waals surface area (Å²) in [5.74, 6) is 1.69. The second-order valence-corrected chi connectivity index (χ2v) is 10.5. The minimum absolute atomic E-state index is 0.465. The van der Waals surface area contributed by atoms with Gasteiger partial charge in [0.25, 0.3) is 0 Å². The Morgan fingerprint density at radius 1 is 1.05 bits per heavy atom. The van der Waals surface area contributed by atoms with Crippen LogP contribution in [0.15, 0.2) is 66.7 Å². The maximum Gasteiger partial charge on any atom is 0.319 e. The molecular formula is C30H35BrN6O2. The number of aromatic nitrogens is 2. The van der Waals surface area contributed by atoms with Crippen molar-refractivity contribution in [2.75, 3.05) is 61.0 Å². The van der Waals surface area contributed by atoms with E-state index in [-0.39, 0.29) is 0 Å². The largest absolute Gasteiger partial charge is 0.492 e. The number of halogens is 1. The Morgan fingerprint density at radius 3 is 2.46 bits per heavy atom. The van der Waals surface area contributed by atoms with Crippen LogP contribution < -0.4 is 20.3 Å². The van der Waals surface area contributed by atoms with Crippen LogP contribution in [0.3, 0.4) is 0 Å². The number of aromatic amines is 1. The predicted molar refractivity (Wildman–Crippen MR) is 162 cm³/mol. The number of nitrogens with two attached hydrogens (primary N) is 1. The van der Waals surface area contributed by atoms with E-state index in [1.54, 1.807) is 0 Å². The van der Waals surface area contributed by atoms with Crippen molar-refractivity contribution in [1.82, 2.24) is 14.9 Å². The van der Waals surface area contributed by atoms with E-state index in [9.17, 15) is 4.79 Å². The molecule has 0 bridgehead atoms. The smallest absolute Gasteiger partial charge is 0.319 e. The summed E-state index contributed by atoms with van der Waals surface area (Å²) < 4.78 is 5.98. The van der Waals surface area contributed by atoms with E-state index in [2.05, 4.69) is 80.1 Å². The summed E-state index contributed by atoms with van der Waals surface area (Å²) >= 11 is 3.36. The topological polar surface area (TPSA) is 90.7 Å². The first-order valence-corrected chi connectivity index (χ1v) is 14.6. The van der Waals surface area contributed by atoms with Crippen molar-refractivity contribution in [3.05, 3.63) is 72.3 Å². The molecule has 204 valence electrons. The molecular weight excluding hydrogens is 556 g/mol. The van der Waals surface area contributed by atoms with E-state index in [0.29, 0.717) is 18.5 Å². The van der Waals surface area contributed by atoms with Gasteiger partial charge in [-0.25, -0.2) is 9.78 Å². The third-order valence-electron chi connectivity index (χ3n) is 7.24. The lowest BCUT2D eigenvalue weighted by molar-refractivity contribution is 0.200. The molecule has 1 aliphatic rings. The number of nitrogens with zero attached hydrogens (tertiary/aromatic N) is 4. The summed E-state index contributed by atoms with van der Waals surface area (Å²) in [6.45, 7) is 7.97. The van der Waals surface area contributed by atoms with Crippen LogP contribution in [0.4, 0.5) is 16.2 Å². The molecule has 2 heterocycles. The van der Waals surface area contributed by atoms with Gasteiger partial charge in [-0.15, -0.1) is 0 Å². The molecule has 0 spiro atoms. The van der Waals surface area contributed by atoms with Gasteiger partial charge in [0, 0.05) is 55.8 Å². The first-order valence-electron chi connectivity index (χ1n) is 13.5. The molecule has 0 saturated carbocycles. The van der Waals surface area contributed by atoms with Gasteiger partial charge in [-0.1, -0.05) is 53.2 Å². The lowest BCUT2D eigenvalue weighted by Crippen LogP contribution is -2.47. The average molecular weight is 592 g/mol. The number of urea groups is 1. The maximum absolute atomic E-state index is 11.7. The molecule has 8 nitrogen and oxygen atoms in total. The Kier molecular flexibility index (Phi) is 8.68. The standard InChI is InChI=1S/C30H35BrN6O2/c1-2-22-6-8-23(9-7-22)29-33-26-4-3-5-27(28(26)34-29)36-18-16-35(17-19-36)20-21-39-25-12-10-24(11-13-25)37(15-14-31)30(32)38/h3-13H,2,14-21H2,1H3,(H2,32,38)(H,33,34). The van der Waals surface area contributed by atoms with Gasteiger partial charge in [0.15, 0.2) is 0 Å². The number of hydrogen-bond acceptors (Lipinski definition) is 5. The number of imidazole rings is 1. The SMILES string of the molecule is CCc1ccc(-c2nc3c(N4CCN(CCOc5ccc(N(CCBr)C(N)=O)cc5)CC4)cccc3[nH]2)cc1. The molecule has 0 aliphatic carbocycles. The van der Waals surface area contributed by atoms with Gasteiger partial charge in [-0.05, 0) is 48.4 Å². The number of ether oxygens (including phenoxy) is 1. The lowest BCUT2D eigenvalue weighted by atomic mass is 10.1. The van der Waals surface area contributed by atoms with E-state index in [1.165, 1.54) is 16.2 Å². The number of nitrogens with one attached hydrogen (secondary N) is 1. The summed E-state index contributed by atoms with van der Waals surface area (Å²) in [4.78, 5) is 26.6. The van der Waals surface area contributed by atoms with Crippen LogP contribution in [-0.4, -0.2) is 72.1 Å². The van der Waals surface area contributed by atoms with Gasteiger partial charge < -0.3 is 20.4 Å². The second kappa shape index (κ2) is 12.5. The third kappa shape index (κ3) is 6.37. The molecule has 2 amide bonds. The number of piperazine rings is 1. The molecule has 0 atom stereocenters. The van der Waals surface area contributed by atoms with Crippen molar-refractivity contribution >= 4 is 44.4 Å². The van der Waals surface area contributed by atoms with Crippen molar-refractivity contribution in [3.63, 3.8) is 0 Å². The number of aryl methyl sites for hydroxylation is 1. The number of primary amides is 1. The summed E-state index contributed by atoms with van der Waals surface area (Å²) in [6, 6.07) is 22.0. The Morgan fingerprint density at radius 2 is 1.79 bits per heavy atom. The monoisotopic (exact) mass is 590 g/mol. The van der Waals surface area contributed by atoms with E-state index in [1.807, 2.05) is 24.3 Å². The van der Waals surface area contributed by atoms with Crippen LogP contribution in [0.25, 0.3) is 22.4 Å². The fourth-order valence-electron chi connectivity index (χ4n) is 4.99. The van der Waals surface area contributed by atoms with E-state index in [4.69, 9.17) is 15.5 Å². The van der Waals surface area contributed by atoms with Crippen LogP contribution >= 0.6 is 15.9 Å². The molecule has 1 aliphatic heterocycles. The zero-order valence-corrected chi connectivity index (χ0v) is 23.9. The van der Waals surface area contributed by atoms with Crippen molar-refractivity contribution in [1.29, 1.82) is 0 Å². The number of fused-ring (bicyclic) bond motifs is 1. The van der Waals surface area contributed by atoms with Crippen LogP contribution in [0.1, 0.15) is 12.5 Å². The highest BCUT2D eigenvalue weighted by molar-refractivity contribution is 9.09. The highest BCUT2D eigenvalue weighted by Crippen LogP contribution is 2.29. The molecule has 1 saturated heterocycles. The lowest BCUT2D eigenvalue weighted by Gasteiger charge is -2.36. The molecule has 5 rings (SSSR count). The highest BCUT2D eigenvalue weighted by Gasteiger charge is 2.20. The van der Waals surface area contributed by atoms with E-state index in [0.717, 1.165) is 73.0 Å². The summed E-state index contributed by atoms with van der Waals surface area (Å²) in [6.07, 6.45) is 1.03. The van der Waals surface area contributed by atoms with Gasteiger partial charge in [0.1, 0.15) is 23.7 Å². The normalized spacial score (nSPS) is 14.1. The zero-order valence-electron chi connectivity index (χ0n) is 22.3. The molecule has 0 unspecified atom stereocenters. The number of anilines is 2. The average Bonchev–Trinajstić information content (AvgIpc) is 3.41. The number of alkyl halides is 1. The Balaban J connectivity index is 1.14. The summed E-state index contributed by atoms with van der Waals surface area (Å²) in [7, 11) is 0. The fourth-order valence-corrected chi connectivity index (χ4v) is 5.34. The Hall–Kier alpha value is -3.56. The number of carbonyl (C=O) groups excluding carboxylic acids is 1. The van der Waals surface area contributed by atoms with Crippen LogP contribution in [-0.2, 0) is 6.42 Å². The first-order chi connectivity index (χ1) is 19.1. The van der Waals surface area contributed by atoms with Gasteiger partial charge in [-0.2, -0.15) is 0 Å².